The first-order valence-electron chi connectivity index (χ1n) is 26.4. The van der Waals surface area contributed by atoms with E-state index in [4.69, 9.17) is 0 Å². The predicted molar refractivity (Wildman–Crippen MR) is 318 cm³/mol. The fourth-order valence-electron chi connectivity index (χ4n) is 13.9. The Hall–Kier alpha value is -9.34. The molecule has 0 saturated heterocycles. The van der Waals surface area contributed by atoms with Crippen molar-refractivity contribution in [2.75, 3.05) is 4.90 Å². The van der Waals surface area contributed by atoms with E-state index in [1.807, 2.05) is 11.3 Å². The van der Waals surface area contributed by atoms with Gasteiger partial charge in [-0.2, -0.15) is 0 Å². The van der Waals surface area contributed by atoms with Crippen LogP contribution >= 0.6 is 11.3 Å². The second-order valence-electron chi connectivity index (χ2n) is 20.6. The largest absolute Gasteiger partial charge is 0.310 e. The van der Waals surface area contributed by atoms with Gasteiger partial charge in [0.15, 0.2) is 0 Å². The van der Waals surface area contributed by atoms with E-state index in [9.17, 15) is 0 Å². The molecule has 12 aromatic carbocycles. The number of fused-ring (bicyclic) bond motifs is 16. The van der Waals surface area contributed by atoms with Gasteiger partial charge >= 0.3 is 0 Å². The minimum Gasteiger partial charge on any atom is -0.310 e. The molecule has 3 aliphatic rings. The van der Waals surface area contributed by atoms with Gasteiger partial charge in [0.25, 0.3) is 0 Å². The van der Waals surface area contributed by atoms with Crippen LogP contribution in [-0.2, 0) is 10.8 Å². The lowest BCUT2D eigenvalue weighted by Gasteiger charge is -2.35. The Morgan fingerprint density at radius 3 is 1.36 bits per heavy atom. The van der Waals surface area contributed by atoms with E-state index >= 15 is 0 Å². The zero-order chi connectivity index (χ0) is 50.0. The van der Waals surface area contributed by atoms with Crippen molar-refractivity contribution >= 4 is 48.6 Å². The Morgan fingerprint density at radius 1 is 0.263 bits per heavy atom. The Kier molecular flexibility index (Phi) is 9.40. The lowest BCUT2D eigenvalue weighted by molar-refractivity contribution is 0.769. The minimum absolute atomic E-state index is 0.477. The minimum atomic E-state index is -0.635. The third kappa shape index (κ3) is 5.96. The standard InChI is InChI=1S/C74H47NS/c1-3-20-48(21-4-1)50-24-17-26-52(44-50)73(53-27-18-25-51(45-53)49-22-5-2-6-23-49)63-33-12-9-30-58(63)62-46-54(41-43-67(62)73)75(55-40-42-60-59-31-11-16-39-70(59)76-71(60)47-55)69-38-19-37-68-72(69)61-32-10-15-36-66(61)74(68)64-34-13-7-28-56(64)57-29-8-14-35-65(57)74/h1-47H. The van der Waals surface area contributed by atoms with E-state index in [1.165, 1.54) is 120 Å². The van der Waals surface area contributed by atoms with Gasteiger partial charge < -0.3 is 4.90 Å². The second kappa shape index (κ2) is 16.6. The maximum absolute atomic E-state index is 2.57. The summed E-state index contributed by atoms with van der Waals surface area (Å²) in [5, 5.41) is 2.59. The average Bonchev–Trinajstić information content (AvgIpc) is 4.23. The summed E-state index contributed by atoms with van der Waals surface area (Å²) in [6, 6.07) is 107. The maximum atomic E-state index is 2.57. The van der Waals surface area contributed by atoms with Crippen LogP contribution in [0.4, 0.5) is 17.1 Å². The van der Waals surface area contributed by atoms with Gasteiger partial charge in [-0.25, -0.2) is 0 Å². The van der Waals surface area contributed by atoms with Gasteiger partial charge in [-0.05, 0) is 143 Å². The number of hydrogen-bond acceptors (Lipinski definition) is 2. The van der Waals surface area contributed by atoms with Gasteiger partial charge in [0.1, 0.15) is 0 Å². The molecule has 1 nitrogen and oxygen atoms in total. The van der Waals surface area contributed by atoms with Crippen LogP contribution in [-0.4, -0.2) is 0 Å². The molecule has 1 spiro atoms. The first-order chi connectivity index (χ1) is 37.7. The highest BCUT2D eigenvalue weighted by Crippen LogP contribution is 2.65. The SMILES string of the molecule is c1ccc(-c2cccc(C3(c4cccc(-c5ccccc5)c4)c4ccccc4-c4cc(N(c5ccc6c(c5)sc5ccccc56)c5cccc6c5-c5ccccc5C65c6ccccc6-c6ccccc65)ccc43)c2)cc1. The topological polar surface area (TPSA) is 3.24 Å². The number of nitrogens with zero attached hydrogens (tertiary/aromatic N) is 1. The summed E-state index contributed by atoms with van der Waals surface area (Å²) in [4.78, 5) is 2.57. The van der Waals surface area contributed by atoms with Crippen LogP contribution in [0, 0.1) is 0 Å². The molecule has 0 N–H and O–H groups in total. The van der Waals surface area contributed by atoms with Crippen molar-refractivity contribution in [3.8, 4) is 55.6 Å². The smallest absolute Gasteiger partial charge is 0.0726 e. The average molecular weight is 982 g/mol. The van der Waals surface area contributed by atoms with Crippen molar-refractivity contribution < 1.29 is 0 Å². The molecule has 0 bridgehead atoms. The van der Waals surface area contributed by atoms with Crippen molar-refractivity contribution in [2.45, 2.75) is 10.8 Å². The number of thiophene rings is 1. The molecule has 1 aromatic heterocycles. The Morgan fingerprint density at radius 2 is 0.711 bits per heavy atom. The molecule has 13 aromatic rings. The molecule has 0 unspecified atom stereocenters. The third-order valence-corrected chi connectivity index (χ3v) is 18.1. The van der Waals surface area contributed by atoms with E-state index in [2.05, 4.69) is 290 Å². The van der Waals surface area contributed by atoms with Crippen molar-refractivity contribution in [3.63, 3.8) is 0 Å². The van der Waals surface area contributed by atoms with E-state index < -0.39 is 10.8 Å². The third-order valence-electron chi connectivity index (χ3n) is 17.0. The monoisotopic (exact) mass is 981 g/mol. The van der Waals surface area contributed by atoms with Crippen molar-refractivity contribution in [3.05, 3.63) is 330 Å². The molecule has 1 heterocycles. The lowest BCUT2D eigenvalue weighted by Crippen LogP contribution is -2.28. The van der Waals surface area contributed by atoms with Crippen LogP contribution in [0.2, 0.25) is 0 Å². The van der Waals surface area contributed by atoms with E-state index in [-0.39, 0.29) is 0 Å². The molecule has 2 heteroatoms. The highest BCUT2D eigenvalue weighted by molar-refractivity contribution is 7.25. The molecule has 0 fully saturated rings. The summed E-state index contributed by atoms with van der Waals surface area (Å²) in [5.41, 5.74) is 25.1. The lowest BCUT2D eigenvalue weighted by atomic mass is 9.67. The molecule has 16 rings (SSSR count). The molecule has 0 aliphatic heterocycles. The van der Waals surface area contributed by atoms with E-state index in [0.717, 1.165) is 17.1 Å². The normalized spacial score (nSPS) is 13.7. The molecule has 76 heavy (non-hydrogen) atoms. The van der Waals surface area contributed by atoms with Crippen LogP contribution in [0.5, 0.6) is 0 Å². The fraction of sp³-hybridized carbons (Fsp3) is 0.0270. The quantitative estimate of drug-likeness (QED) is 0.154. The van der Waals surface area contributed by atoms with E-state index in [1.54, 1.807) is 0 Å². The summed E-state index contributed by atoms with van der Waals surface area (Å²) in [6.07, 6.45) is 0. The van der Waals surface area contributed by atoms with Crippen LogP contribution in [0.1, 0.15) is 44.5 Å². The van der Waals surface area contributed by atoms with Gasteiger partial charge in [-0.15, -0.1) is 11.3 Å². The molecule has 0 saturated carbocycles. The van der Waals surface area contributed by atoms with Crippen LogP contribution in [0.15, 0.2) is 285 Å². The summed E-state index contributed by atoms with van der Waals surface area (Å²) in [7, 11) is 0. The first-order valence-corrected chi connectivity index (χ1v) is 27.2. The van der Waals surface area contributed by atoms with Crippen molar-refractivity contribution in [1.29, 1.82) is 0 Å². The van der Waals surface area contributed by atoms with Crippen LogP contribution in [0.3, 0.4) is 0 Å². The summed E-state index contributed by atoms with van der Waals surface area (Å²) in [6.45, 7) is 0. The number of rotatable bonds is 7. The zero-order valence-electron chi connectivity index (χ0n) is 41.5. The van der Waals surface area contributed by atoms with Gasteiger partial charge in [0.05, 0.1) is 16.5 Å². The van der Waals surface area contributed by atoms with Crippen molar-refractivity contribution in [1.82, 2.24) is 0 Å². The predicted octanol–water partition coefficient (Wildman–Crippen LogP) is 19.6. The Balaban J connectivity index is 0.973. The summed E-state index contributed by atoms with van der Waals surface area (Å²) < 4.78 is 2.57. The molecular weight excluding hydrogens is 935 g/mol. The zero-order valence-corrected chi connectivity index (χ0v) is 42.3. The van der Waals surface area contributed by atoms with Crippen LogP contribution < -0.4 is 4.90 Å². The van der Waals surface area contributed by atoms with Crippen LogP contribution in [0.25, 0.3) is 75.8 Å². The van der Waals surface area contributed by atoms with Gasteiger partial charge in [-0.3, -0.25) is 0 Å². The Bertz CT molecular complexity index is 4360. The number of anilines is 3. The van der Waals surface area contributed by atoms with Gasteiger partial charge in [-0.1, -0.05) is 237 Å². The molecule has 3 aliphatic carbocycles. The van der Waals surface area contributed by atoms with E-state index in [0.29, 0.717) is 0 Å². The molecule has 0 atom stereocenters. The fourth-order valence-corrected chi connectivity index (χ4v) is 15.1. The first kappa shape index (κ1) is 43.1. The number of hydrogen-bond donors (Lipinski definition) is 0. The van der Waals surface area contributed by atoms with Gasteiger partial charge in [0.2, 0.25) is 0 Å². The summed E-state index contributed by atoms with van der Waals surface area (Å²) >= 11 is 1.88. The summed E-state index contributed by atoms with van der Waals surface area (Å²) in [5.74, 6) is 0. The number of benzene rings is 12. The highest BCUT2D eigenvalue weighted by atomic mass is 32.1. The van der Waals surface area contributed by atoms with Gasteiger partial charge in [0, 0.05) is 37.1 Å². The molecule has 0 amide bonds. The molecular formula is C74H47NS. The highest BCUT2D eigenvalue weighted by Gasteiger charge is 2.53. The molecule has 0 radical (unpaired) electrons. The molecule has 354 valence electrons. The second-order valence-corrected chi connectivity index (χ2v) is 21.7. The maximum Gasteiger partial charge on any atom is 0.0726 e. The van der Waals surface area contributed by atoms with Crippen molar-refractivity contribution in [2.24, 2.45) is 0 Å². The Labute approximate surface area is 446 Å².